The molecule has 0 spiro atoms. The van der Waals surface area contributed by atoms with E-state index in [-0.39, 0.29) is 12.1 Å². The number of alkyl carbamates (subject to hydrolysis) is 1. The Hall–Kier alpha value is -2.57. The molecular weight excluding hydrogens is 332 g/mol. The maximum Gasteiger partial charge on any atom is 0.407 e. The summed E-state index contributed by atoms with van der Waals surface area (Å²) >= 11 is 0. The fourth-order valence-electron chi connectivity index (χ4n) is 3.10. The first kappa shape index (κ1) is 18.2. The number of aromatic nitrogens is 2. The Balaban J connectivity index is 1.67. The van der Waals surface area contributed by atoms with Gasteiger partial charge in [0, 0.05) is 31.4 Å². The van der Waals surface area contributed by atoms with Crippen LogP contribution in [0.4, 0.5) is 10.5 Å². The van der Waals surface area contributed by atoms with Gasteiger partial charge in [0.05, 0.1) is 18.3 Å². The van der Waals surface area contributed by atoms with Crippen LogP contribution in [0.1, 0.15) is 33.6 Å². The summed E-state index contributed by atoms with van der Waals surface area (Å²) in [6, 6.07) is 5.84. The highest BCUT2D eigenvalue weighted by Crippen LogP contribution is 2.28. The number of carbonyl (C=O) groups excluding carboxylic acids is 1. The minimum Gasteiger partial charge on any atom is -0.481 e. The van der Waals surface area contributed by atoms with Crippen LogP contribution < -0.4 is 15.0 Å². The second-order valence-electron chi connectivity index (χ2n) is 7.46. The summed E-state index contributed by atoms with van der Waals surface area (Å²) in [5, 5.41) is 2.97. The molecule has 0 aliphatic carbocycles. The second kappa shape index (κ2) is 7.35. The lowest BCUT2D eigenvalue weighted by Crippen LogP contribution is -2.46. The summed E-state index contributed by atoms with van der Waals surface area (Å²) < 4.78 is 10.6. The first-order valence-electron chi connectivity index (χ1n) is 8.90. The Morgan fingerprint density at radius 1 is 1.23 bits per heavy atom. The van der Waals surface area contributed by atoms with Crippen LogP contribution in [0.15, 0.2) is 24.4 Å². The van der Waals surface area contributed by atoms with Crippen LogP contribution in [0.5, 0.6) is 5.88 Å². The molecule has 3 rings (SSSR count). The smallest absolute Gasteiger partial charge is 0.407 e. The van der Waals surface area contributed by atoms with Crippen molar-refractivity contribution in [1.29, 1.82) is 0 Å². The van der Waals surface area contributed by atoms with E-state index >= 15 is 0 Å². The van der Waals surface area contributed by atoms with Crippen molar-refractivity contribution in [3.63, 3.8) is 0 Å². The van der Waals surface area contributed by atoms with Gasteiger partial charge in [-0.15, -0.1) is 0 Å². The third kappa shape index (κ3) is 4.33. The third-order valence-electron chi connectivity index (χ3n) is 4.30. The Morgan fingerprint density at radius 3 is 2.62 bits per heavy atom. The molecule has 0 bridgehead atoms. The zero-order valence-corrected chi connectivity index (χ0v) is 15.8. The summed E-state index contributed by atoms with van der Waals surface area (Å²) in [5.41, 5.74) is 2.25. The first-order chi connectivity index (χ1) is 12.4. The van der Waals surface area contributed by atoms with Gasteiger partial charge in [-0.25, -0.2) is 9.78 Å². The first-order valence-corrected chi connectivity index (χ1v) is 8.90. The molecule has 140 valence electrons. The van der Waals surface area contributed by atoms with Crippen molar-refractivity contribution >= 4 is 22.8 Å². The number of pyridine rings is 2. The summed E-state index contributed by atoms with van der Waals surface area (Å²) in [6.45, 7) is 7.26. The van der Waals surface area contributed by atoms with Crippen LogP contribution in [0.25, 0.3) is 11.0 Å². The molecule has 7 heteroatoms. The molecule has 0 saturated carbocycles. The number of ether oxygens (including phenoxy) is 2. The van der Waals surface area contributed by atoms with Gasteiger partial charge in [-0.1, -0.05) is 0 Å². The average molecular weight is 358 g/mol. The van der Waals surface area contributed by atoms with E-state index in [2.05, 4.69) is 20.2 Å². The summed E-state index contributed by atoms with van der Waals surface area (Å²) in [4.78, 5) is 23.2. The SMILES string of the molecule is COc1ccc2nccc(N3CCC(NC(=O)OC(C)(C)C)CC3)c2n1. The number of fused-ring (bicyclic) bond motifs is 1. The molecular formula is C19H26N4O3. The van der Waals surface area contributed by atoms with Crippen LogP contribution in [-0.2, 0) is 4.74 Å². The van der Waals surface area contributed by atoms with E-state index in [9.17, 15) is 4.79 Å². The number of anilines is 1. The highest BCUT2D eigenvalue weighted by Gasteiger charge is 2.24. The molecule has 26 heavy (non-hydrogen) atoms. The van der Waals surface area contributed by atoms with Gasteiger partial charge in [0.1, 0.15) is 11.1 Å². The van der Waals surface area contributed by atoms with Crippen molar-refractivity contribution in [3.05, 3.63) is 24.4 Å². The molecule has 1 amide bonds. The number of methoxy groups -OCH3 is 1. The molecule has 7 nitrogen and oxygen atoms in total. The number of carbonyl (C=O) groups is 1. The van der Waals surface area contributed by atoms with Gasteiger partial charge >= 0.3 is 6.09 Å². The van der Waals surface area contributed by atoms with E-state index < -0.39 is 5.60 Å². The van der Waals surface area contributed by atoms with Crippen LogP contribution in [0, 0.1) is 0 Å². The van der Waals surface area contributed by atoms with Crippen molar-refractivity contribution in [2.24, 2.45) is 0 Å². The Labute approximate surface area is 153 Å². The molecule has 3 heterocycles. The molecule has 1 saturated heterocycles. The minimum atomic E-state index is -0.481. The van der Waals surface area contributed by atoms with E-state index in [1.54, 1.807) is 13.3 Å². The lowest BCUT2D eigenvalue weighted by atomic mass is 10.0. The van der Waals surface area contributed by atoms with Crippen LogP contribution in [0.2, 0.25) is 0 Å². The highest BCUT2D eigenvalue weighted by atomic mass is 16.6. The molecule has 1 aliphatic heterocycles. The molecule has 1 aliphatic rings. The number of hydrogen-bond donors (Lipinski definition) is 1. The minimum absolute atomic E-state index is 0.122. The number of amides is 1. The molecule has 0 atom stereocenters. The van der Waals surface area contributed by atoms with Crippen molar-refractivity contribution in [2.45, 2.75) is 45.3 Å². The average Bonchev–Trinajstić information content (AvgIpc) is 2.60. The normalized spacial score (nSPS) is 15.8. The van der Waals surface area contributed by atoms with E-state index in [0.717, 1.165) is 42.7 Å². The Morgan fingerprint density at radius 2 is 1.96 bits per heavy atom. The van der Waals surface area contributed by atoms with Gasteiger partial charge in [-0.05, 0) is 45.7 Å². The van der Waals surface area contributed by atoms with Crippen molar-refractivity contribution in [2.75, 3.05) is 25.1 Å². The Kier molecular flexibility index (Phi) is 5.15. The molecule has 0 radical (unpaired) electrons. The summed E-state index contributed by atoms with van der Waals surface area (Å²) in [6.07, 6.45) is 3.16. The molecule has 1 N–H and O–H groups in total. The number of rotatable bonds is 3. The quantitative estimate of drug-likeness (QED) is 0.908. The van der Waals surface area contributed by atoms with E-state index in [1.807, 2.05) is 39.0 Å². The zero-order valence-electron chi connectivity index (χ0n) is 15.8. The molecule has 0 aromatic carbocycles. The van der Waals surface area contributed by atoms with Crippen LogP contribution in [-0.4, -0.2) is 47.9 Å². The Bertz CT molecular complexity index is 780. The van der Waals surface area contributed by atoms with Gasteiger partial charge in [-0.2, -0.15) is 0 Å². The lowest BCUT2D eigenvalue weighted by Gasteiger charge is -2.34. The maximum atomic E-state index is 11.9. The van der Waals surface area contributed by atoms with E-state index in [0.29, 0.717) is 5.88 Å². The molecule has 0 unspecified atom stereocenters. The fraction of sp³-hybridized carbons (Fsp3) is 0.526. The standard InChI is InChI=1S/C19H26N4O3/c1-19(2,3)26-18(24)21-13-8-11-23(12-9-13)15-7-10-20-14-5-6-16(25-4)22-17(14)15/h5-7,10,13H,8-9,11-12H2,1-4H3,(H,21,24). The predicted molar refractivity (Wildman–Crippen MR) is 101 cm³/mol. The highest BCUT2D eigenvalue weighted by molar-refractivity contribution is 5.88. The van der Waals surface area contributed by atoms with Crippen molar-refractivity contribution in [3.8, 4) is 5.88 Å². The van der Waals surface area contributed by atoms with Crippen molar-refractivity contribution < 1.29 is 14.3 Å². The van der Waals surface area contributed by atoms with Crippen LogP contribution in [0.3, 0.4) is 0 Å². The largest absolute Gasteiger partial charge is 0.481 e. The summed E-state index contributed by atoms with van der Waals surface area (Å²) in [7, 11) is 1.61. The van der Waals surface area contributed by atoms with Gasteiger partial charge in [-0.3, -0.25) is 4.98 Å². The van der Waals surface area contributed by atoms with Crippen LogP contribution >= 0.6 is 0 Å². The van der Waals surface area contributed by atoms with Gasteiger partial charge < -0.3 is 19.7 Å². The maximum absolute atomic E-state index is 11.9. The van der Waals surface area contributed by atoms with E-state index in [1.165, 1.54) is 0 Å². The number of nitrogens with zero attached hydrogens (tertiary/aromatic N) is 3. The topological polar surface area (TPSA) is 76.6 Å². The molecule has 2 aromatic heterocycles. The molecule has 1 fully saturated rings. The monoisotopic (exact) mass is 358 g/mol. The number of nitrogens with one attached hydrogen (secondary N) is 1. The van der Waals surface area contributed by atoms with E-state index in [4.69, 9.17) is 9.47 Å². The fourth-order valence-corrected chi connectivity index (χ4v) is 3.10. The van der Waals surface area contributed by atoms with Gasteiger partial charge in [0.25, 0.3) is 0 Å². The second-order valence-corrected chi connectivity index (χ2v) is 7.46. The summed E-state index contributed by atoms with van der Waals surface area (Å²) in [5.74, 6) is 0.577. The van der Waals surface area contributed by atoms with Crippen molar-refractivity contribution in [1.82, 2.24) is 15.3 Å². The lowest BCUT2D eigenvalue weighted by molar-refractivity contribution is 0.0497. The van der Waals surface area contributed by atoms with Gasteiger partial charge in [0.15, 0.2) is 0 Å². The molecule has 2 aromatic rings. The van der Waals surface area contributed by atoms with Gasteiger partial charge in [0.2, 0.25) is 5.88 Å². The zero-order chi connectivity index (χ0) is 18.7. The predicted octanol–water partition coefficient (Wildman–Crippen LogP) is 3.13. The third-order valence-corrected chi connectivity index (χ3v) is 4.30. The number of piperidine rings is 1. The number of hydrogen-bond acceptors (Lipinski definition) is 6.